The van der Waals surface area contributed by atoms with E-state index >= 15 is 0 Å². The Kier molecular flexibility index (Phi) is 3.09. The minimum atomic E-state index is 0.306. The van der Waals surface area contributed by atoms with E-state index in [-0.39, 0.29) is 0 Å². The number of hydrogen-bond acceptors (Lipinski definition) is 1. The number of pyridine rings is 1. The van der Waals surface area contributed by atoms with Gasteiger partial charge in [-0.25, -0.2) is 0 Å². The van der Waals surface area contributed by atoms with Gasteiger partial charge in [-0.3, -0.25) is 4.98 Å². The summed E-state index contributed by atoms with van der Waals surface area (Å²) in [7, 11) is 0. The van der Waals surface area contributed by atoms with Gasteiger partial charge in [0.15, 0.2) is 0 Å². The van der Waals surface area contributed by atoms with Crippen LogP contribution in [0.3, 0.4) is 0 Å². The van der Waals surface area contributed by atoms with Crippen molar-refractivity contribution in [2.45, 2.75) is 30.6 Å². The van der Waals surface area contributed by atoms with E-state index in [2.05, 4.69) is 60.5 Å². The number of rotatable bonds is 2. The number of nitrogens with zero attached hydrogens (tertiary/aromatic N) is 1. The van der Waals surface area contributed by atoms with Crippen molar-refractivity contribution < 1.29 is 0 Å². The zero-order valence-electron chi connectivity index (χ0n) is 7.76. The predicted molar refractivity (Wildman–Crippen MR) is 60.8 cm³/mol. The van der Waals surface area contributed by atoms with Gasteiger partial charge in [-0.05, 0) is 18.6 Å². The molecule has 0 amide bonds. The first-order valence-corrected chi connectivity index (χ1v) is 5.16. The van der Waals surface area contributed by atoms with Gasteiger partial charge in [-0.2, -0.15) is 0 Å². The fourth-order valence-corrected chi connectivity index (χ4v) is 1.42. The van der Waals surface area contributed by atoms with E-state index in [0.29, 0.717) is 3.42 Å². The van der Waals surface area contributed by atoms with Gasteiger partial charge in [0.2, 0.25) is 0 Å². The van der Waals surface area contributed by atoms with Crippen LogP contribution in [0.1, 0.15) is 25.1 Å². The lowest BCUT2D eigenvalue weighted by Crippen LogP contribution is -2.13. The minimum Gasteiger partial charge on any atom is -0.261 e. The Balaban J connectivity index is 2.71. The van der Waals surface area contributed by atoms with E-state index in [0.717, 1.165) is 6.42 Å². The molecule has 1 aromatic rings. The molecule has 0 radical (unpaired) electrons. The van der Waals surface area contributed by atoms with Crippen molar-refractivity contribution in [2.75, 3.05) is 0 Å². The van der Waals surface area contributed by atoms with E-state index in [1.54, 1.807) is 0 Å². The molecule has 1 heterocycles. The van der Waals surface area contributed by atoms with Crippen molar-refractivity contribution in [1.29, 1.82) is 0 Å². The number of halogens is 1. The summed E-state index contributed by atoms with van der Waals surface area (Å²) >= 11 is 2.45. The first-order chi connectivity index (χ1) is 5.47. The Labute approximate surface area is 87.7 Å². The molecule has 0 aliphatic heterocycles. The Bertz CT molecular complexity index is 246. The van der Waals surface area contributed by atoms with Crippen molar-refractivity contribution in [1.82, 2.24) is 4.98 Å². The maximum atomic E-state index is 4.36. The molecule has 0 aromatic carbocycles. The lowest BCUT2D eigenvalue weighted by Gasteiger charge is -2.14. The molecular weight excluding hydrogens is 261 g/mol. The largest absolute Gasteiger partial charge is 0.261 e. The molecule has 0 saturated heterocycles. The third-order valence-corrected chi connectivity index (χ3v) is 1.96. The molecule has 0 saturated carbocycles. The van der Waals surface area contributed by atoms with Crippen molar-refractivity contribution in [3.63, 3.8) is 0 Å². The lowest BCUT2D eigenvalue weighted by atomic mass is 10.1. The van der Waals surface area contributed by atoms with Crippen LogP contribution in [0.2, 0.25) is 0 Å². The van der Waals surface area contributed by atoms with Gasteiger partial charge in [0, 0.05) is 21.7 Å². The van der Waals surface area contributed by atoms with Gasteiger partial charge in [0.1, 0.15) is 0 Å². The number of alkyl halides is 1. The van der Waals surface area contributed by atoms with E-state index in [9.17, 15) is 0 Å². The molecule has 0 fully saturated rings. The topological polar surface area (TPSA) is 12.9 Å². The van der Waals surface area contributed by atoms with Gasteiger partial charge in [-0.1, -0.05) is 42.5 Å². The second-order valence-corrected chi connectivity index (χ2v) is 6.64. The summed E-state index contributed by atoms with van der Waals surface area (Å²) in [6.45, 7) is 6.50. The second kappa shape index (κ2) is 3.73. The fourth-order valence-electron chi connectivity index (χ4n) is 1.03. The summed E-state index contributed by atoms with van der Waals surface area (Å²) in [4.78, 5) is 4.36. The Hall–Kier alpha value is -0.120. The smallest absolute Gasteiger partial charge is 0.0416 e. The molecule has 0 atom stereocenters. The van der Waals surface area contributed by atoms with Crippen LogP contribution in [0, 0.1) is 6.92 Å². The molecule has 0 N–H and O–H groups in total. The summed E-state index contributed by atoms with van der Waals surface area (Å²) < 4.78 is 0.306. The highest BCUT2D eigenvalue weighted by molar-refractivity contribution is 14.1. The first kappa shape index (κ1) is 9.96. The van der Waals surface area contributed by atoms with Crippen LogP contribution in [-0.4, -0.2) is 8.41 Å². The average Bonchev–Trinajstić information content (AvgIpc) is 1.91. The second-order valence-electron chi connectivity index (χ2n) is 3.72. The van der Waals surface area contributed by atoms with E-state index in [1.165, 1.54) is 11.3 Å². The normalized spacial score (nSPS) is 11.7. The van der Waals surface area contributed by atoms with Crippen LogP contribution in [0.5, 0.6) is 0 Å². The SMILES string of the molecule is Cc1ccc(CC(C)(C)I)nc1. The molecule has 0 aliphatic carbocycles. The van der Waals surface area contributed by atoms with Gasteiger partial charge < -0.3 is 0 Å². The molecule has 66 valence electrons. The molecule has 1 nitrogen and oxygen atoms in total. The molecule has 0 spiro atoms. The predicted octanol–water partition coefficient (Wildman–Crippen LogP) is 3.15. The Morgan fingerprint density at radius 3 is 2.50 bits per heavy atom. The van der Waals surface area contributed by atoms with Crippen LogP contribution >= 0.6 is 22.6 Å². The van der Waals surface area contributed by atoms with E-state index in [4.69, 9.17) is 0 Å². The lowest BCUT2D eigenvalue weighted by molar-refractivity contribution is 0.726. The average molecular weight is 275 g/mol. The maximum Gasteiger partial charge on any atom is 0.0416 e. The Morgan fingerprint density at radius 2 is 2.08 bits per heavy atom. The highest BCUT2D eigenvalue weighted by Crippen LogP contribution is 2.21. The summed E-state index contributed by atoms with van der Waals surface area (Å²) in [6, 6.07) is 4.22. The van der Waals surface area contributed by atoms with Crippen molar-refractivity contribution >= 4 is 22.6 Å². The molecule has 1 rings (SSSR count). The van der Waals surface area contributed by atoms with Gasteiger partial charge in [0.25, 0.3) is 0 Å². The summed E-state index contributed by atoms with van der Waals surface area (Å²) in [5, 5.41) is 0. The maximum absolute atomic E-state index is 4.36. The molecule has 2 heteroatoms. The zero-order valence-corrected chi connectivity index (χ0v) is 9.92. The molecule has 0 bridgehead atoms. The van der Waals surface area contributed by atoms with E-state index in [1.807, 2.05) is 6.20 Å². The van der Waals surface area contributed by atoms with Crippen LogP contribution < -0.4 is 0 Å². The molecule has 12 heavy (non-hydrogen) atoms. The van der Waals surface area contributed by atoms with Gasteiger partial charge in [-0.15, -0.1) is 0 Å². The van der Waals surface area contributed by atoms with E-state index < -0.39 is 0 Å². The third-order valence-electron chi connectivity index (χ3n) is 1.57. The highest BCUT2D eigenvalue weighted by atomic mass is 127. The Morgan fingerprint density at radius 1 is 1.42 bits per heavy atom. The van der Waals surface area contributed by atoms with Crippen molar-refractivity contribution in [3.05, 3.63) is 29.6 Å². The quantitative estimate of drug-likeness (QED) is 0.597. The number of hydrogen-bond donors (Lipinski definition) is 0. The van der Waals surface area contributed by atoms with Crippen LogP contribution in [0.25, 0.3) is 0 Å². The number of aryl methyl sites for hydroxylation is 1. The molecule has 1 aromatic heterocycles. The highest BCUT2D eigenvalue weighted by Gasteiger charge is 2.13. The van der Waals surface area contributed by atoms with Crippen LogP contribution in [-0.2, 0) is 6.42 Å². The molecule has 0 unspecified atom stereocenters. The van der Waals surface area contributed by atoms with Crippen LogP contribution in [0.4, 0.5) is 0 Å². The van der Waals surface area contributed by atoms with Crippen LogP contribution in [0.15, 0.2) is 18.3 Å². The summed E-state index contributed by atoms with van der Waals surface area (Å²) in [5.41, 5.74) is 2.41. The van der Waals surface area contributed by atoms with Crippen molar-refractivity contribution in [3.8, 4) is 0 Å². The number of aromatic nitrogens is 1. The minimum absolute atomic E-state index is 0.306. The monoisotopic (exact) mass is 275 g/mol. The molecular formula is C10H14IN. The van der Waals surface area contributed by atoms with Crippen molar-refractivity contribution in [2.24, 2.45) is 0 Å². The third kappa shape index (κ3) is 3.52. The zero-order chi connectivity index (χ0) is 9.19. The fraction of sp³-hybridized carbons (Fsp3) is 0.500. The van der Waals surface area contributed by atoms with Gasteiger partial charge in [0.05, 0.1) is 0 Å². The first-order valence-electron chi connectivity index (χ1n) is 4.08. The molecule has 0 aliphatic rings. The standard InChI is InChI=1S/C10H14IN/c1-8-4-5-9(12-7-8)6-10(2,3)11/h4-5,7H,6H2,1-3H3. The van der Waals surface area contributed by atoms with Gasteiger partial charge >= 0.3 is 0 Å². The summed E-state index contributed by atoms with van der Waals surface area (Å²) in [6.07, 6.45) is 2.96. The summed E-state index contributed by atoms with van der Waals surface area (Å²) in [5.74, 6) is 0.